The van der Waals surface area contributed by atoms with Crippen molar-refractivity contribution in [1.29, 1.82) is 0 Å². The van der Waals surface area contributed by atoms with Crippen LogP contribution in [0.5, 0.6) is 5.75 Å². The van der Waals surface area contributed by atoms with E-state index in [-0.39, 0.29) is 5.78 Å². The van der Waals surface area contributed by atoms with Gasteiger partial charge in [0.15, 0.2) is 0 Å². The minimum absolute atomic E-state index is 0.198. The van der Waals surface area contributed by atoms with E-state index >= 15 is 0 Å². The lowest BCUT2D eigenvalue weighted by Gasteiger charge is -2.07. The first-order chi connectivity index (χ1) is 14.1. The first-order valence-corrected chi connectivity index (χ1v) is 9.70. The molecule has 148 valence electrons. The summed E-state index contributed by atoms with van der Waals surface area (Å²) in [6.07, 6.45) is 3.15. The van der Waals surface area contributed by atoms with Crippen molar-refractivity contribution < 1.29 is 13.9 Å². The Morgan fingerprint density at radius 3 is 2.76 bits per heavy atom. The summed E-state index contributed by atoms with van der Waals surface area (Å²) >= 11 is 0. The Hall–Kier alpha value is -3.41. The van der Waals surface area contributed by atoms with Crippen LogP contribution in [0, 0.1) is 6.92 Å². The smallest absolute Gasteiger partial charge is 0.226 e. The van der Waals surface area contributed by atoms with Crippen LogP contribution in [-0.4, -0.2) is 20.5 Å². The maximum atomic E-state index is 11.2. The zero-order valence-corrected chi connectivity index (χ0v) is 16.6. The highest BCUT2D eigenvalue weighted by Gasteiger charge is 2.13. The number of ketones is 1. The first-order valence-electron chi connectivity index (χ1n) is 9.70. The fourth-order valence-corrected chi connectivity index (χ4v) is 3.27. The van der Waals surface area contributed by atoms with Crippen LogP contribution < -0.4 is 4.74 Å². The van der Waals surface area contributed by atoms with Crippen LogP contribution in [0.3, 0.4) is 0 Å². The van der Waals surface area contributed by atoms with Gasteiger partial charge in [-0.25, -0.2) is 4.98 Å². The molecule has 0 N–H and O–H groups in total. The largest absolute Gasteiger partial charge is 0.486 e. The monoisotopic (exact) mass is 389 g/mol. The van der Waals surface area contributed by atoms with Gasteiger partial charge in [-0.05, 0) is 44.5 Å². The molecule has 0 bridgehead atoms. The van der Waals surface area contributed by atoms with E-state index in [1.165, 1.54) is 0 Å². The number of rotatable bonds is 8. The van der Waals surface area contributed by atoms with Crippen molar-refractivity contribution in [2.45, 2.75) is 39.8 Å². The molecule has 0 unspecified atom stereocenters. The molecule has 29 heavy (non-hydrogen) atoms. The van der Waals surface area contributed by atoms with Crippen LogP contribution >= 0.6 is 0 Å². The summed E-state index contributed by atoms with van der Waals surface area (Å²) in [5.41, 5.74) is 2.71. The molecule has 0 spiro atoms. The van der Waals surface area contributed by atoms with E-state index < -0.39 is 0 Å². The maximum absolute atomic E-state index is 11.2. The number of aryl methyl sites for hydroxylation is 2. The lowest BCUT2D eigenvalue weighted by atomic mass is 10.2. The number of ether oxygens (including phenoxy) is 1. The van der Waals surface area contributed by atoms with Crippen molar-refractivity contribution in [2.75, 3.05) is 0 Å². The second kappa shape index (κ2) is 8.31. The molecular weight excluding hydrogens is 366 g/mol. The number of nitrogens with zero attached hydrogens (tertiary/aromatic N) is 3. The van der Waals surface area contributed by atoms with Gasteiger partial charge in [0.05, 0.1) is 17.1 Å². The molecule has 0 aliphatic carbocycles. The lowest BCUT2D eigenvalue weighted by molar-refractivity contribution is -0.117. The summed E-state index contributed by atoms with van der Waals surface area (Å²) in [5, 5.41) is 5.40. The molecule has 4 rings (SSSR count). The molecule has 0 aliphatic rings. The Balaban J connectivity index is 1.50. The maximum Gasteiger partial charge on any atom is 0.226 e. The van der Waals surface area contributed by atoms with E-state index in [0.717, 1.165) is 40.1 Å². The van der Waals surface area contributed by atoms with Gasteiger partial charge in [0.25, 0.3) is 0 Å². The molecule has 6 heteroatoms. The predicted octanol–water partition coefficient (Wildman–Crippen LogP) is 4.95. The van der Waals surface area contributed by atoms with Crippen LogP contribution in [-0.2, 0) is 17.9 Å². The van der Waals surface area contributed by atoms with Gasteiger partial charge in [0.2, 0.25) is 5.89 Å². The third kappa shape index (κ3) is 4.21. The average molecular weight is 389 g/mol. The SMILES string of the molecule is CC(=O)CCCn1ncc2c(OCc3nc(-c4ccccc4)oc3C)cccc21. The minimum atomic E-state index is 0.198. The summed E-state index contributed by atoms with van der Waals surface area (Å²) in [7, 11) is 0. The Morgan fingerprint density at radius 1 is 1.14 bits per heavy atom. The fourth-order valence-electron chi connectivity index (χ4n) is 3.27. The molecule has 0 saturated heterocycles. The number of hydrogen-bond acceptors (Lipinski definition) is 5. The molecular formula is C23H23N3O3. The Bertz CT molecular complexity index is 1130. The van der Waals surface area contributed by atoms with E-state index in [9.17, 15) is 4.79 Å². The molecule has 0 aliphatic heterocycles. The van der Waals surface area contributed by atoms with E-state index in [0.29, 0.717) is 25.5 Å². The molecule has 0 amide bonds. The molecule has 0 fully saturated rings. The normalized spacial score (nSPS) is 11.1. The zero-order valence-electron chi connectivity index (χ0n) is 16.6. The predicted molar refractivity (Wildman–Crippen MR) is 111 cm³/mol. The standard InChI is InChI=1S/C23H23N3O3/c1-16(27)8-7-13-26-21-11-6-12-22(19(21)14-24-26)28-15-20-17(2)29-23(25-20)18-9-4-3-5-10-18/h3-6,9-12,14H,7-8,13,15H2,1-2H3. The summed E-state index contributed by atoms with van der Waals surface area (Å²) in [4.78, 5) is 15.8. The van der Waals surface area contributed by atoms with Crippen molar-refractivity contribution in [3.05, 3.63) is 66.2 Å². The topological polar surface area (TPSA) is 70.2 Å². The van der Waals surface area contributed by atoms with Crippen LogP contribution in [0.4, 0.5) is 0 Å². The number of hydrogen-bond donors (Lipinski definition) is 0. The summed E-state index contributed by atoms with van der Waals surface area (Å²) < 4.78 is 13.8. The molecule has 0 radical (unpaired) electrons. The number of carbonyl (C=O) groups excluding carboxylic acids is 1. The fraction of sp³-hybridized carbons (Fsp3) is 0.261. The Kier molecular flexibility index (Phi) is 5.42. The van der Waals surface area contributed by atoms with Crippen molar-refractivity contribution in [2.24, 2.45) is 0 Å². The number of Topliss-reactive ketones (excluding diaryl/α,β-unsaturated/α-hetero) is 1. The van der Waals surface area contributed by atoms with Gasteiger partial charge in [-0.2, -0.15) is 5.10 Å². The molecule has 2 heterocycles. The molecule has 0 atom stereocenters. The number of benzene rings is 2. The minimum Gasteiger partial charge on any atom is -0.486 e. The van der Waals surface area contributed by atoms with Crippen LogP contribution in [0.15, 0.2) is 59.1 Å². The van der Waals surface area contributed by atoms with E-state index in [1.54, 1.807) is 6.92 Å². The van der Waals surface area contributed by atoms with Crippen molar-refractivity contribution in [3.63, 3.8) is 0 Å². The third-order valence-corrected chi connectivity index (χ3v) is 4.82. The highest BCUT2D eigenvalue weighted by molar-refractivity contribution is 5.85. The van der Waals surface area contributed by atoms with Crippen molar-refractivity contribution >= 4 is 16.7 Å². The van der Waals surface area contributed by atoms with Crippen molar-refractivity contribution in [1.82, 2.24) is 14.8 Å². The summed E-state index contributed by atoms with van der Waals surface area (Å²) in [6.45, 7) is 4.53. The zero-order chi connectivity index (χ0) is 20.2. The molecule has 2 aromatic carbocycles. The van der Waals surface area contributed by atoms with Gasteiger partial charge >= 0.3 is 0 Å². The van der Waals surface area contributed by atoms with Gasteiger partial charge in [-0.3, -0.25) is 4.68 Å². The van der Waals surface area contributed by atoms with Crippen LogP contribution in [0.1, 0.15) is 31.2 Å². The highest BCUT2D eigenvalue weighted by Crippen LogP contribution is 2.27. The van der Waals surface area contributed by atoms with Gasteiger partial charge in [-0.15, -0.1) is 0 Å². The van der Waals surface area contributed by atoms with E-state index in [1.807, 2.05) is 66.3 Å². The number of oxazole rings is 1. The second-order valence-electron chi connectivity index (χ2n) is 7.04. The van der Waals surface area contributed by atoms with Crippen molar-refractivity contribution in [3.8, 4) is 17.2 Å². The third-order valence-electron chi connectivity index (χ3n) is 4.82. The Morgan fingerprint density at radius 2 is 1.97 bits per heavy atom. The number of carbonyl (C=O) groups is 1. The summed E-state index contributed by atoms with van der Waals surface area (Å²) in [6, 6.07) is 15.7. The second-order valence-corrected chi connectivity index (χ2v) is 7.04. The van der Waals surface area contributed by atoms with Crippen LogP contribution in [0.25, 0.3) is 22.4 Å². The Labute approximate surface area is 169 Å². The van der Waals surface area contributed by atoms with Gasteiger partial charge < -0.3 is 13.9 Å². The quantitative estimate of drug-likeness (QED) is 0.426. The molecule has 6 nitrogen and oxygen atoms in total. The molecule has 0 saturated carbocycles. The highest BCUT2D eigenvalue weighted by atomic mass is 16.5. The van der Waals surface area contributed by atoms with E-state index in [2.05, 4.69) is 10.1 Å². The van der Waals surface area contributed by atoms with Gasteiger partial charge in [0.1, 0.15) is 29.6 Å². The molecule has 2 aromatic heterocycles. The number of fused-ring (bicyclic) bond motifs is 1. The molecule has 4 aromatic rings. The van der Waals surface area contributed by atoms with E-state index in [4.69, 9.17) is 9.15 Å². The number of aromatic nitrogens is 3. The van der Waals surface area contributed by atoms with Crippen LogP contribution in [0.2, 0.25) is 0 Å². The van der Waals surface area contributed by atoms with Gasteiger partial charge in [0, 0.05) is 18.5 Å². The lowest BCUT2D eigenvalue weighted by Crippen LogP contribution is -2.02. The van der Waals surface area contributed by atoms with Gasteiger partial charge in [-0.1, -0.05) is 24.3 Å². The summed E-state index contributed by atoms with van der Waals surface area (Å²) in [5.74, 6) is 2.29. The first kappa shape index (κ1) is 18.9. The average Bonchev–Trinajstić information content (AvgIpc) is 3.31.